The second-order valence-corrected chi connectivity index (χ2v) is 7.31. The molecule has 3 aliphatic heterocycles. The summed E-state index contributed by atoms with van der Waals surface area (Å²) in [6, 6.07) is 5.48. The Balaban J connectivity index is 1.63. The highest BCUT2D eigenvalue weighted by Crippen LogP contribution is 2.33. The zero-order chi connectivity index (χ0) is 19.0. The van der Waals surface area contributed by atoms with Crippen LogP contribution in [0.3, 0.4) is 0 Å². The highest BCUT2D eigenvalue weighted by Gasteiger charge is 2.34. The Bertz CT molecular complexity index is 919. The van der Waals surface area contributed by atoms with E-state index in [1.54, 1.807) is 32.5 Å². The lowest BCUT2D eigenvalue weighted by Gasteiger charge is -2.36. The van der Waals surface area contributed by atoms with Crippen LogP contribution >= 0.6 is 0 Å². The monoisotopic (exact) mass is 371 g/mol. The van der Waals surface area contributed by atoms with Gasteiger partial charge in [-0.25, -0.2) is 0 Å². The van der Waals surface area contributed by atoms with Gasteiger partial charge in [0.25, 0.3) is 5.56 Å². The molecule has 1 aromatic carbocycles. The van der Waals surface area contributed by atoms with E-state index < -0.39 is 0 Å². The van der Waals surface area contributed by atoms with E-state index >= 15 is 0 Å². The number of nitrogens with zero attached hydrogens (tertiary/aromatic N) is 2. The van der Waals surface area contributed by atoms with Crippen molar-refractivity contribution in [3.05, 3.63) is 34.7 Å². The highest BCUT2D eigenvalue weighted by molar-refractivity contribution is 5.90. The van der Waals surface area contributed by atoms with Gasteiger partial charge in [0.1, 0.15) is 6.54 Å². The molecule has 2 atom stereocenters. The van der Waals surface area contributed by atoms with Gasteiger partial charge in [-0.1, -0.05) is 0 Å². The van der Waals surface area contributed by atoms with Crippen LogP contribution in [-0.4, -0.2) is 55.3 Å². The van der Waals surface area contributed by atoms with E-state index in [1.165, 1.54) is 11.0 Å². The number of rotatable bonds is 4. The molecular formula is C20H25N3O4. The predicted molar refractivity (Wildman–Crippen MR) is 102 cm³/mol. The number of hydrogen-bond acceptors (Lipinski definition) is 5. The van der Waals surface area contributed by atoms with Crippen molar-refractivity contribution in [1.29, 1.82) is 0 Å². The molecule has 2 aromatic rings. The standard InChI is InChI=1S/C20H25N3O4/c1-26-17-6-5-16-15(19(17)27-2)7-8-22(20(16)25)12-18(24)23-11-13-3-4-14(23)10-21-9-13/h5-8,13-14,21H,3-4,9-12H2,1-2H3/t13-,14+/m0/s1. The van der Waals surface area contributed by atoms with E-state index in [-0.39, 0.29) is 24.1 Å². The largest absolute Gasteiger partial charge is 0.493 e. The first-order chi connectivity index (χ1) is 13.1. The van der Waals surface area contributed by atoms with Gasteiger partial charge in [-0.2, -0.15) is 0 Å². The number of pyridine rings is 1. The maximum absolute atomic E-state index is 12.9. The van der Waals surface area contributed by atoms with Crippen LogP contribution in [0.1, 0.15) is 12.8 Å². The van der Waals surface area contributed by atoms with E-state index in [9.17, 15) is 9.59 Å². The van der Waals surface area contributed by atoms with E-state index in [0.29, 0.717) is 28.2 Å². The SMILES string of the molecule is COc1ccc2c(=O)n(CC(=O)N3C[C@H]4CC[C@@H]3CNC4)ccc2c1OC. The lowest BCUT2D eigenvalue weighted by Crippen LogP contribution is -2.49. The summed E-state index contributed by atoms with van der Waals surface area (Å²) in [5.41, 5.74) is -0.195. The average molecular weight is 371 g/mol. The first kappa shape index (κ1) is 17.9. The minimum atomic E-state index is -0.195. The molecule has 0 radical (unpaired) electrons. The van der Waals surface area contributed by atoms with Gasteiger partial charge < -0.3 is 24.3 Å². The number of aromatic nitrogens is 1. The lowest BCUT2D eigenvalue weighted by atomic mass is 9.95. The Morgan fingerprint density at radius 1 is 1.15 bits per heavy atom. The number of methoxy groups -OCH3 is 2. The smallest absolute Gasteiger partial charge is 0.259 e. The summed E-state index contributed by atoms with van der Waals surface area (Å²) in [6.45, 7) is 2.65. The number of benzene rings is 1. The third-order valence-corrected chi connectivity index (χ3v) is 5.74. The summed E-state index contributed by atoms with van der Waals surface area (Å²) < 4.78 is 12.2. The molecule has 3 fully saturated rings. The molecule has 3 saturated heterocycles. The molecule has 7 nitrogen and oxygen atoms in total. The van der Waals surface area contributed by atoms with Crippen molar-refractivity contribution in [2.45, 2.75) is 25.4 Å². The molecule has 5 rings (SSSR count). The third-order valence-electron chi connectivity index (χ3n) is 5.74. The summed E-state index contributed by atoms with van der Waals surface area (Å²) in [5.74, 6) is 1.63. The van der Waals surface area contributed by atoms with Crippen LogP contribution in [0.5, 0.6) is 11.5 Å². The van der Waals surface area contributed by atoms with Crippen molar-refractivity contribution in [2.75, 3.05) is 33.9 Å². The Morgan fingerprint density at radius 2 is 2.00 bits per heavy atom. The van der Waals surface area contributed by atoms with Crippen LogP contribution in [0.2, 0.25) is 0 Å². The highest BCUT2D eigenvalue weighted by atomic mass is 16.5. The van der Waals surface area contributed by atoms with Gasteiger partial charge in [-0.05, 0) is 43.5 Å². The Hall–Kier alpha value is -2.54. The first-order valence-corrected chi connectivity index (χ1v) is 9.36. The van der Waals surface area contributed by atoms with Crippen molar-refractivity contribution in [1.82, 2.24) is 14.8 Å². The van der Waals surface area contributed by atoms with E-state index in [2.05, 4.69) is 5.32 Å². The van der Waals surface area contributed by atoms with Crippen LogP contribution in [0.15, 0.2) is 29.2 Å². The fourth-order valence-corrected chi connectivity index (χ4v) is 4.29. The second-order valence-electron chi connectivity index (χ2n) is 7.31. The Kier molecular flexibility index (Phi) is 4.78. The molecular weight excluding hydrogens is 346 g/mol. The van der Waals surface area contributed by atoms with Crippen LogP contribution < -0.4 is 20.3 Å². The molecule has 3 aliphatic rings. The van der Waals surface area contributed by atoms with Gasteiger partial charge in [0.2, 0.25) is 5.91 Å². The van der Waals surface area contributed by atoms with Gasteiger partial charge in [0.05, 0.1) is 19.6 Å². The number of ether oxygens (including phenoxy) is 2. The van der Waals surface area contributed by atoms with Crippen molar-refractivity contribution in [3.8, 4) is 11.5 Å². The fourth-order valence-electron chi connectivity index (χ4n) is 4.29. The summed E-state index contributed by atoms with van der Waals surface area (Å²) in [7, 11) is 3.11. The van der Waals surface area contributed by atoms with Crippen LogP contribution in [0.4, 0.5) is 0 Å². The second kappa shape index (κ2) is 7.23. The Labute approximate surface area is 157 Å². The number of carbonyl (C=O) groups excluding carboxylic acids is 1. The quantitative estimate of drug-likeness (QED) is 0.875. The average Bonchev–Trinajstić information content (AvgIpc) is 3.05. The summed E-state index contributed by atoms with van der Waals surface area (Å²) in [6.07, 6.45) is 3.87. The number of amides is 1. The molecule has 27 heavy (non-hydrogen) atoms. The fraction of sp³-hybridized carbons (Fsp3) is 0.500. The van der Waals surface area contributed by atoms with Crippen molar-refractivity contribution >= 4 is 16.7 Å². The maximum Gasteiger partial charge on any atom is 0.259 e. The van der Waals surface area contributed by atoms with Gasteiger partial charge in [-0.3, -0.25) is 9.59 Å². The van der Waals surface area contributed by atoms with Gasteiger partial charge in [-0.15, -0.1) is 0 Å². The zero-order valence-electron chi connectivity index (χ0n) is 15.7. The van der Waals surface area contributed by atoms with Crippen LogP contribution in [0.25, 0.3) is 10.8 Å². The molecule has 0 aliphatic carbocycles. The minimum Gasteiger partial charge on any atom is -0.493 e. The van der Waals surface area contributed by atoms with E-state index in [1.807, 2.05) is 11.0 Å². The predicted octanol–water partition coefficient (Wildman–Crippen LogP) is 1.23. The van der Waals surface area contributed by atoms with E-state index in [0.717, 1.165) is 26.1 Å². The van der Waals surface area contributed by atoms with E-state index in [4.69, 9.17) is 9.47 Å². The van der Waals surface area contributed by atoms with Crippen molar-refractivity contribution in [2.24, 2.45) is 5.92 Å². The van der Waals surface area contributed by atoms with Gasteiger partial charge >= 0.3 is 0 Å². The molecule has 4 heterocycles. The number of carbonyl (C=O) groups is 1. The molecule has 2 bridgehead atoms. The molecule has 144 valence electrons. The first-order valence-electron chi connectivity index (χ1n) is 9.36. The normalized spacial score (nSPS) is 21.9. The summed E-state index contributed by atoms with van der Waals surface area (Å²) in [5, 5.41) is 4.63. The maximum atomic E-state index is 12.9. The molecule has 1 aromatic heterocycles. The number of hydrogen-bond donors (Lipinski definition) is 1. The lowest BCUT2D eigenvalue weighted by molar-refractivity contribution is -0.135. The van der Waals surface area contributed by atoms with Crippen LogP contribution in [-0.2, 0) is 11.3 Å². The molecule has 0 unspecified atom stereocenters. The van der Waals surface area contributed by atoms with Crippen molar-refractivity contribution < 1.29 is 14.3 Å². The number of piperidine rings is 1. The topological polar surface area (TPSA) is 72.8 Å². The summed E-state index contributed by atoms with van der Waals surface area (Å²) >= 11 is 0. The minimum absolute atomic E-state index is 0.00956. The van der Waals surface area contributed by atoms with Crippen LogP contribution in [0, 0.1) is 5.92 Å². The van der Waals surface area contributed by atoms with Gasteiger partial charge in [0.15, 0.2) is 11.5 Å². The van der Waals surface area contributed by atoms with Crippen molar-refractivity contribution in [3.63, 3.8) is 0 Å². The Morgan fingerprint density at radius 3 is 2.78 bits per heavy atom. The zero-order valence-corrected chi connectivity index (χ0v) is 15.7. The van der Waals surface area contributed by atoms with Gasteiger partial charge in [0, 0.05) is 30.7 Å². The molecule has 0 saturated carbocycles. The molecule has 0 spiro atoms. The number of fused-ring (bicyclic) bond motifs is 5. The summed E-state index contributed by atoms with van der Waals surface area (Å²) in [4.78, 5) is 27.8. The molecule has 1 amide bonds. The third kappa shape index (κ3) is 3.16. The molecule has 1 N–H and O–H groups in total. The molecule has 7 heteroatoms. The number of nitrogens with one attached hydrogen (secondary N) is 1.